The molecular weight excluding hydrogens is 278 g/mol. The summed E-state index contributed by atoms with van der Waals surface area (Å²) >= 11 is 6.22. The number of carbonyl (C=O) groups is 1. The number of pyridine rings is 1. The standard InChI is InChI=1S/C14H14ClN3O2/c1-20-14(19)11-6-2-5-10-12(15)17-13(18(10)11)9-4-3-7-16-8-9/h3-4,7-8,11H,2,5-6H2,1H3. The Kier molecular flexibility index (Phi) is 3.44. The number of hydrogen-bond donors (Lipinski definition) is 0. The third-order valence-corrected chi connectivity index (χ3v) is 3.86. The normalized spacial score (nSPS) is 17.6. The zero-order valence-electron chi connectivity index (χ0n) is 11.0. The number of carbonyl (C=O) groups excluding carboxylic acids is 1. The Morgan fingerprint density at radius 2 is 2.40 bits per heavy atom. The number of nitrogens with zero attached hydrogens (tertiary/aromatic N) is 3. The molecule has 5 nitrogen and oxygen atoms in total. The van der Waals surface area contributed by atoms with E-state index in [1.54, 1.807) is 12.4 Å². The maximum Gasteiger partial charge on any atom is 0.328 e. The summed E-state index contributed by atoms with van der Waals surface area (Å²) in [5.41, 5.74) is 1.74. The molecule has 1 aliphatic rings. The molecule has 0 spiro atoms. The van der Waals surface area contributed by atoms with E-state index in [2.05, 4.69) is 9.97 Å². The van der Waals surface area contributed by atoms with Crippen LogP contribution < -0.4 is 0 Å². The van der Waals surface area contributed by atoms with Crippen LogP contribution in [0.2, 0.25) is 5.15 Å². The zero-order valence-corrected chi connectivity index (χ0v) is 11.8. The zero-order chi connectivity index (χ0) is 14.1. The first-order valence-corrected chi connectivity index (χ1v) is 6.85. The minimum atomic E-state index is -0.362. The highest BCUT2D eigenvalue weighted by Crippen LogP contribution is 2.35. The van der Waals surface area contributed by atoms with Crippen LogP contribution in [-0.4, -0.2) is 27.6 Å². The quantitative estimate of drug-likeness (QED) is 0.798. The number of aromatic nitrogens is 3. The van der Waals surface area contributed by atoms with Crippen molar-refractivity contribution in [1.29, 1.82) is 0 Å². The molecule has 104 valence electrons. The van der Waals surface area contributed by atoms with E-state index < -0.39 is 0 Å². The molecule has 0 fully saturated rings. The average molecular weight is 292 g/mol. The van der Waals surface area contributed by atoms with E-state index >= 15 is 0 Å². The van der Waals surface area contributed by atoms with Crippen LogP contribution in [0.4, 0.5) is 0 Å². The van der Waals surface area contributed by atoms with Crippen LogP contribution in [0.1, 0.15) is 24.6 Å². The van der Waals surface area contributed by atoms with Gasteiger partial charge in [-0.3, -0.25) is 4.98 Å². The van der Waals surface area contributed by atoms with E-state index in [4.69, 9.17) is 16.3 Å². The Morgan fingerprint density at radius 3 is 3.10 bits per heavy atom. The molecule has 3 heterocycles. The van der Waals surface area contributed by atoms with Crippen LogP contribution in [0.15, 0.2) is 24.5 Å². The molecule has 1 atom stereocenters. The highest BCUT2D eigenvalue weighted by atomic mass is 35.5. The number of esters is 1. The summed E-state index contributed by atoms with van der Waals surface area (Å²) in [6, 6.07) is 3.38. The van der Waals surface area contributed by atoms with Gasteiger partial charge in [0, 0.05) is 18.0 Å². The summed E-state index contributed by atoms with van der Waals surface area (Å²) in [5.74, 6) is 0.415. The van der Waals surface area contributed by atoms with E-state index in [0.717, 1.165) is 30.5 Å². The summed E-state index contributed by atoms with van der Waals surface area (Å²) in [4.78, 5) is 20.5. The van der Waals surface area contributed by atoms with Crippen LogP contribution in [0.25, 0.3) is 11.4 Å². The Hall–Kier alpha value is -1.88. The van der Waals surface area contributed by atoms with Gasteiger partial charge in [0.05, 0.1) is 12.8 Å². The monoisotopic (exact) mass is 291 g/mol. The summed E-state index contributed by atoms with van der Waals surface area (Å²) in [6.07, 6.45) is 5.87. The molecule has 0 radical (unpaired) electrons. The molecule has 0 amide bonds. The van der Waals surface area contributed by atoms with Gasteiger partial charge in [-0.25, -0.2) is 9.78 Å². The van der Waals surface area contributed by atoms with Crippen molar-refractivity contribution < 1.29 is 9.53 Å². The number of imidazole rings is 1. The van der Waals surface area contributed by atoms with Crippen LogP contribution >= 0.6 is 11.6 Å². The average Bonchev–Trinajstić information content (AvgIpc) is 2.85. The van der Waals surface area contributed by atoms with Gasteiger partial charge in [-0.2, -0.15) is 0 Å². The van der Waals surface area contributed by atoms with Crippen molar-refractivity contribution in [3.8, 4) is 11.4 Å². The van der Waals surface area contributed by atoms with Crippen molar-refractivity contribution in [2.45, 2.75) is 25.3 Å². The molecule has 2 aromatic heterocycles. The van der Waals surface area contributed by atoms with E-state index in [1.165, 1.54) is 7.11 Å². The molecule has 20 heavy (non-hydrogen) atoms. The van der Waals surface area contributed by atoms with Gasteiger partial charge in [-0.1, -0.05) is 11.6 Å². The van der Waals surface area contributed by atoms with Crippen molar-refractivity contribution in [2.75, 3.05) is 7.11 Å². The van der Waals surface area contributed by atoms with Gasteiger partial charge in [0.15, 0.2) is 5.15 Å². The summed E-state index contributed by atoms with van der Waals surface area (Å²) in [5, 5.41) is 0.456. The van der Waals surface area contributed by atoms with Crippen LogP contribution in [0, 0.1) is 0 Å². The van der Waals surface area contributed by atoms with Crippen molar-refractivity contribution in [3.63, 3.8) is 0 Å². The number of ether oxygens (including phenoxy) is 1. The smallest absolute Gasteiger partial charge is 0.328 e. The number of fused-ring (bicyclic) bond motifs is 1. The summed E-state index contributed by atoms with van der Waals surface area (Å²) in [7, 11) is 1.40. The fourth-order valence-corrected chi connectivity index (χ4v) is 2.91. The highest BCUT2D eigenvalue weighted by Gasteiger charge is 2.32. The minimum absolute atomic E-state index is 0.259. The first kappa shape index (κ1) is 13.1. The number of halogens is 1. The lowest BCUT2D eigenvalue weighted by Crippen LogP contribution is -2.26. The molecule has 0 aliphatic carbocycles. The van der Waals surface area contributed by atoms with Gasteiger partial charge in [0.25, 0.3) is 0 Å². The molecular formula is C14H14ClN3O2. The van der Waals surface area contributed by atoms with Gasteiger partial charge in [0.1, 0.15) is 11.9 Å². The summed E-state index contributed by atoms with van der Waals surface area (Å²) in [6.45, 7) is 0. The van der Waals surface area contributed by atoms with E-state index in [9.17, 15) is 4.79 Å². The Balaban J connectivity index is 2.16. The molecule has 2 aromatic rings. The molecule has 0 saturated carbocycles. The summed E-state index contributed by atoms with van der Waals surface area (Å²) < 4.78 is 6.80. The van der Waals surface area contributed by atoms with Gasteiger partial charge >= 0.3 is 5.97 Å². The highest BCUT2D eigenvalue weighted by molar-refractivity contribution is 6.30. The van der Waals surface area contributed by atoms with Crippen molar-refractivity contribution in [3.05, 3.63) is 35.4 Å². The maximum absolute atomic E-state index is 12.0. The first-order valence-electron chi connectivity index (χ1n) is 6.47. The maximum atomic E-state index is 12.0. The van der Waals surface area contributed by atoms with E-state index in [1.807, 2.05) is 16.7 Å². The van der Waals surface area contributed by atoms with Crippen molar-refractivity contribution in [1.82, 2.24) is 14.5 Å². The second-order valence-corrected chi connectivity index (χ2v) is 5.07. The Morgan fingerprint density at radius 1 is 1.55 bits per heavy atom. The number of hydrogen-bond acceptors (Lipinski definition) is 4. The molecule has 0 N–H and O–H groups in total. The van der Waals surface area contributed by atoms with Gasteiger partial charge in [-0.15, -0.1) is 0 Å². The third kappa shape index (κ3) is 2.08. The minimum Gasteiger partial charge on any atom is -0.467 e. The number of rotatable bonds is 2. The lowest BCUT2D eigenvalue weighted by Gasteiger charge is -2.25. The molecule has 0 aromatic carbocycles. The van der Waals surface area contributed by atoms with Gasteiger partial charge in [-0.05, 0) is 31.4 Å². The molecule has 1 aliphatic heterocycles. The number of methoxy groups -OCH3 is 1. The fourth-order valence-electron chi connectivity index (χ4n) is 2.65. The fraction of sp³-hybridized carbons (Fsp3) is 0.357. The van der Waals surface area contributed by atoms with E-state index in [-0.39, 0.29) is 12.0 Å². The lowest BCUT2D eigenvalue weighted by atomic mass is 10.0. The SMILES string of the molecule is COC(=O)C1CCCc2c(Cl)nc(-c3cccnc3)n21. The predicted octanol–water partition coefficient (Wildman–Crippen LogP) is 2.65. The largest absolute Gasteiger partial charge is 0.467 e. The van der Waals surface area contributed by atoms with Crippen LogP contribution in [0.3, 0.4) is 0 Å². The Bertz CT molecular complexity index is 639. The van der Waals surface area contributed by atoms with Crippen molar-refractivity contribution >= 4 is 17.6 Å². The molecule has 1 unspecified atom stereocenters. The Labute approximate surface area is 121 Å². The first-order chi connectivity index (χ1) is 9.72. The second-order valence-electron chi connectivity index (χ2n) is 4.72. The van der Waals surface area contributed by atoms with Crippen LogP contribution in [-0.2, 0) is 16.0 Å². The van der Waals surface area contributed by atoms with Gasteiger partial charge < -0.3 is 9.30 Å². The third-order valence-electron chi connectivity index (χ3n) is 3.56. The lowest BCUT2D eigenvalue weighted by molar-refractivity contribution is -0.145. The molecule has 6 heteroatoms. The molecule has 0 saturated heterocycles. The van der Waals surface area contributed by atoms with Gasteiger partial charge in [0.2, 0.25) is 0 Å². The van der Waals surface area contributed by atoms with Crippen LogP contribution in [0.5, 0.6) is 0 Å². The molecule has 3 rings (SSSR count). The van der Waals surface area contributed by atoms with Crippen molar-refractivity contribution in [2.24, 2.45) is 0 Å². The molecule has 0 bridgehead atoms. The topological polar surface area (TPSA) is 57.0 Å². The second kappa shape index (κ2) is 5.25. The van der Waals surface area contributed by atoms with E-state index in [0.29, 0.717) is 11.0 Å². The predicted molar refractivity (Wildman–Crippen MR) is 74.5 cm³/mol.